The normalized spacial score (nSPS) is 15.2. The summed E-state index contributed by atoms with van der Waals surface area (Å²) in [6.07, 6.45) is 23.4. The summed E-state index contributed by atoms with van der Waals surface area (Å²) in [6, 6.07) is 0. The molecule has 0 bridgehead atoms. The molecule has 0 saturated carbocycles. The van der Waals surface area contributed by atoms with Crippen LogP contribution in [0.4, 0.5) is 0 Å². The molecule has 3 rings (SSSR count). The van der Waals surface area contributed by atoms with Crippen LogP contribution in [0.15, 0.2) is 53.2 Å². The molecule has 3 aliphatic rings. The molecule has 0 unspecified atom stereocenters. The van der Waals surface area contributed by atoms with Gasteiger partial charge in [0.05, 0.1) is 0 Å². The van der Waals surface area contributed by atoms with Gasteiger partial charge >= 0.3 is 47.9 Å². The quantitative estimate of drug-likeness (QED) is 0.224. The SMILES string of the molecule is CC1=[C-]C(C)(C)C(C)=C1C.Cl.Cl.[C-]1=CC=CC1.[C-]1=CC=CC1.[CH3-].[CH3-].[CH3-].[Ti+4].[Zr+2]. The topological polar surface area (TPSA) is 0 Å². The van der Waals surface area contributed by atoms with Crippen LogP contribution in [0, 0.1) is 45.9 Å². The summed E-state index contributed by atoms with van der Waals surface area (Å²) in [4.78, 5) is 0. The Morgan fingerprint density at radius 3 is 1.26 bits per heavy atom. The van der Waals surface area contributed by atoms with Crippen LogP contribution in [-0.2, 0) is 47.9 Å². The van der Waals surface area contributed by atoms with E-state index in [1.165, 1.54) is 16.7 Å². The van der Waals surface area contributed by atoms with Gasteiger partial charge in [0.1, 0.15) is 0 Å². The van der Waals surface area contributed by atoms with Gasteiger partial charge in [-0.2, -0.15) is 23.3 Å². The van der Waals surface area contributed by atoms with Crippen LogP contribution < -0.4 is 0 Å². The van der Waals surface area contributed by atoms with Crippen molar-refractivity contribution in [2.24, 2.45) is 5.41 Å². The van der Waals surface area contributed by atoms with E-state index in [2.05, 4.69) is 65.0 Å². The van der Waals surface area contributed by atoms with Crippen molar-refractivity contribution in [2.75, 3.05) is 0 Å². The fourth-order valence-corrected chi connectivity index (χ4v) is 2.09. The summed E-state index contributed by atoms with van der Waals surface area (Å²) in [6.45, 7) is 10.9. The average Bonchev–Trinajstić information content (AvgIpc) is 3.14. The van der Waals surface area contributed by atoms with Gasteiger partial charge in [-0.3, -0.25) is 18.2 Å². The monoisotopic (exact) mass is 520 g/mol. The molecule has 0 aromatic rings. The number of hydrogen-bond donors (Lipinski definition) is 0. The molecule has 0 N–H and O–H groups in total. The third-order valence-electron chi connectivity index (χ3n) is 3.73. The zero-order chi connectivity index (χ0) is 15.0. The smallest absolute Gasteiger partial charge is 0.358 e. The molecule has 0 aliphatic heterocycles. The van der Waals surface area contributed by atoms with Crippen LogP contribution in [-0.4, -0.2) is 0 Å². The van der Waals surface area contributed by atoms with Gasteiger partial charge in [0.25, 0.3) is 0 Å². The maximum absolute atomic E-state index is 3.44. The number of halogens is 2. The molecule has 3 aliphatic carbocycles. The van der Waals surface area contributed by atoms with Crippen LogP contribution >= 0.6 is 24.8 Å². The first-order valence-electron chi connectivity index (χ1n) is 7.18. The second-order valence-corrected chi connectivity index (χ2v) is 5.63. The Bertz CT molecular complexity index is 468. The van der Waals surface area contributed by atoms with E-state index in [1.807, 2.05) is 24.3 Å². The largest absolute Gasteiger partial charge is 4.00 e. The minimum absolute atomic E-state index is 0. The van der Waals surface area contributed by atoms with E-state index in [0.717, 1.165) is 12.8 Å². The molecule has 150 valence electrons. The first kappa shape index (κ1) is 46.0. The Morgan fingerprint density at radius 1 is 0.815 bits per heavy atom. The molecule has 0 radical (unpaired) electrons. The van der Waals surface area contributed by atoms with Gasteiger partial charge in [-0.15, -0.1) is 44.6 Å². The molecule has 0 spiro atoms. The van der Waals surface area contributed by atoms with Crippen molar-refractivity contribution in [3.8, 4) is 0 Å². The molecule has 0 fully saturated rings. The fraction of sp³-hybridized carbons (Fsp3) is 0.348. The Labute approximate surface area is 217 Å². The van der Waals surface area contributed by atoms with Gasteiger partial charge in [-0.05, 0) is 0 Å². The van der Waals surface area contributed by atoms with E-state index in [-0.39, 0.29) is 100 Å². The van der Waals surface area contributed by atoms with Crippen molar-refractivity contribution in [3.05, 3.63) is 93.7 Å². The Balaban J connectivity index is -0.0000000417. The molecule has 4 heteroatoms. The summed E-state index contributed by atoms with van der Waals surface area (Å²) in [5.74, 6) is 0. The van der Waals surface area contributed by atoms with E-state index in [1.54, 1.807) is 0 Å². The van der Waals surface area contributed by atoms with E-state index < -0.39 is 0 Å². The maximum Gasteiger partial charge on any atom is 4.00 e. The maximum atomic E-state index is 3.44. The Morgan fingerprint density at radius 2 is 1.19 bits per heavy atom. The predicted octanol–water partition coefficient (Wildman–Crippen LogP) is 7.91. The standard InChI is InChI=1S/C10H15.2C5H5.3CH3.2ClH.Ti.Zr/c1-7-6-10(4,5)9(3)8(7)2;2*1-2-4-5-3-1;;;;;;;/h1-5H3;2*1-3H,4H2;3*1H3;2*1H;;/q6*-1;;;+4;+2. The summed E-state index contributed by atoms with van der Waals surface area (Å²) in [7, 11) is 0. The number of hydrogen-bond acceptors (Lipinski definition) is 0. The van der Waals surface area contributed by atoms with Crippen molar-refractivity contribution in [3.63, 3.8) is 0 Å². The summed E-state index contributed by atoms with van der Waals surface area (Å²) < 4.78 is 0. The molecule has 0 amide bonds. The van der Waals surface area contributed by atoms with Crippen LogP contribution in [0.25, 0.3) is 0 Å². The van der Waals surface area contributed by atoms with Gasteiger partial charge in [0, 0.05) is 0 Å². The van der Waals surface area contributed by atoms with Crippen LogP contribution in [0.5, 0.6) is 0 Å². The molecule has 0 aromatic heterocycles. The van der Waals surface area contributed by atoms with Gasteiger partial charge < -0.3 is 22.3 Å². The van der Waals surface area contributed by atoms with Crippen molar-refractivity contribution in [1.29, 1.82) is 0 Å². The number of rotatable bonds is 0. The van der Waals surface area contributed by atoms with Gasteiger partial charge in [-0.25, -0.2) is 29.9 Å². The number of allylic oxidation sites excluding steroid dienone is 12. The first-order valence-corrected chi connectivity index (χ1v) is 7.18. The fourth-order valence-electron chi connectivity index (χ4n) is 2.09. The molecule has 0 nitrogen and oxygen atoms in total. The molecule has 0 aromatic carbocycles. The zero-order valence-corrected chi connectivity index (χ0v) is 23.8. The zero-order valence-electron chi connectivity index (χ0n) is 18.2. The van der Waals surface area contributed by atoms with E-state index >= 15 is 0 Å². The van der Waals surface area contributed by atoms with Crippen LogP contribution in [0.2, 0.25) is 0 Å². The second-order valence-electron chi connectivity index (χ2n) is 5.63. The van der Waals surface area contributed by atoms with E-state index in [4.69, 9.17) is 0 Å². The molecule has 27 heavy (non-hydrogen) atoms. The summed E-state index contributed by atoms with van der Waals surface area (Å²) in [5.41, 5.74) is 4.39. The van der Waals surface area contributed by atoms with Crippen molar-refractivity contribution >= 4 is 24.8 Å². The van der Waals surface area contributed by atoms with Gasteiger partial charge in [0.15, 0.2) is 0 Å². The second kappa shape index (κ2) is 24.7. The third kappa shape index (κ3) is 18.4. The molecule has 0 saturated heterocycles. The molecular formula is C23H36Cl2TiZr. The van der Waals surface area contributed by atoms with Gasteiger partial charge in [-0.1, -0.05) is 33.1 Å². The molecule has 0 heterocycles. The molecular weight excluding hydrogens is 486 g/mol. The Kier molecular flexibility index (Phi) is 42.0. The van der Waals surface area contributed by atoms with E-state index in [9.17, 15) is 0 Å². The summed E-state index contributed by atoms with van der Waals surface area (Å²) >= 11 is 0. The Hall–Kier alpha value is 0.617. The minimum Gasteiger partial charge on any atom is -0.358 e. The van der Waals surface area contributed by atoms with Gasteiger partial charge in [0.2, 0.25) is 0 Å². The first-order chi connectivity index (χ1) is 9.45. The summed E-state index contributed by atoms with van der Waals surface area (Å²) in [5, 5.41) is 0. The average molecular weight is 523 g/mol. The van der Waals surface area contributed by atoms with Crippen LogP contribution in [0.3, 0.4) is 0 Å². The third-order valence-corrected chi connectivity index (χ3v) is 3.73. The van der Waals surface area contributed by atoms with Crippen molar-refractivity contribution in [1.82, 2.24) is 0 Å². The van der Waals surface area contributed by atoms with Crippen molar-refractivity contribution in [2.45, 2.75) is 47.5 Å². The van der Waals surface area contributed by atoms with Crippen molar-refractivity contribution < 1.29 is 47.9 Å². The van der Waals surface area contributed by atoms with E-state index in [0.29, 0.717) is 0 Å². The predicted molar refractivity (Wildman–Crippen MR) is 121 cm³/mol. The molecule has 0 atom stereocenters. The minimum atomic E-state index is 0. The van der Waals surface area contributed by atoms with Crippen LogP contribution in [0.1, 0.15) is 47.5 Å².